The average molecular weight is 298 g/mol. The molecule has 1 atom stereocenters. The van der Waals surface area contributed by atoms with Gasteiger partial charge in [-0.15, -0.1) is 0 Å². The monoisotopic (exact) mass is 298 g/mol. The molecule has 2 rings (SSSR count). The number of hydroxylamine groups is 1. The average Bonchev–Trinajstić information content (AvgIpc) is 2.51. The first-order chi connectivity index (χ1) is 8.83. The second-order valence-electron chi connectivity index (χ2n) is 4.97. The van der Waals surface area contributed by atoms with Crippen LogP contribution >= 0.6 is 24.0 Å². The molecule has 0 bridgehead atoms. The van der Waals surface area contributed by atoms with E-state index >= 15 is 0 Å². The summed E-state index contributed by atoms with van der Waals surface area (Å²) in [5, 5.41) is 12.3. The molecule has 1 aromatic carbocycles. The van der Waals surface area contributed by atoms with Crippen LogP contribution in [0.3, 0.4) is 0 Å². The zero-order valence-electron chi connectivity index (χ0n) is 11.0. The van der Waals surface area contributed by atoms with Crippen LogP contribution in [0.1, 0.15) is 19.4 Å². The molecule has 0 N–H and O–H groups in total. The van der Waals surface area contributed by atoms with Crippen LogP contribution in [0.25, 0.3) is 0 Å². The molecule has 1 aliphatic heterocycles. The van der Waals surface area contributed by atoms with Crippen molar-refractivity contribution in [2.45, 2.75) is 24.8 Å². The Morgan fingerprint density at radius 2 is 2.11 bits per heavy atom. The molecule has 1 fully saturated rings. The third kappa shape index (κ3) is 2.74. The molecule has 19 heavy (non-hydrogen) atoms. The Hall–Kier alpha value is -1.14. The van der Waals surface area contributed by atoms with Crippen molar-refractivity contribution in [3.63, 3.8) is 0 Å². The first-order valence-corrected chi connectivity index (χ1v) is 7.06. The highest BCUT2D eigenvalue weighted by Crippen LogP contribution is 2.40. The van der Waals surface area contributed by atoms with E-state index < -0.39 is 12.0 Å². The highest BCUT2D eigenvalue weighted by Gasteiger charge is 2.48. The standard InChI is InChI=1S/C13H15FN2OS2/c1-13(2)11(15(3)12(18)19-13)16(17)8-9-6-4-5-7-10(9)14/h4-8,11H,1-3H3/b16-8-/t11-/m1/s1. The van der Waals surface area contributed by atoms with Crippen LogP contribution in [0.2, 0.25) is 0 Å². The molecule has 1 aromatic rings. The lowest BCUT2D eigenvalue weighted by atomic mass is 10.1. The predicted octanol–water partition coefficient (Wildman–Crippen LogP) is 2.82. The second-order valence-corrected chi connectivity index (χ2v) is 7.25. The lowest BCUT2D eigenvalue weighted by Gasteiger charge is -2.27. The van der Waals surface area contributed by atoms with Gasteiger partial charge in [-0.25, -0.2) is 4.39 Å². The van der Waals surface area contributed by atoms with Gasteiger partial charge in [0.1, 0.15) is 14.9 Å². The Balaban J connectivity index is 2.36. The van der Waals surface area contributed by atoms with Gasteiger partial charge in [-0.2, -0.15) is 4.74 Å². The van der Waals surface area contributed by atoms with E-state index in [1.807, 2.05) is 13.8 Å². The van der Waals surface area contributed by atoms with Gasteiger partial charge < -0.3 is 10.1 Å². The Morgan fingerprint density at radius 1 is 1.47 bits per heavy atom. The van der Waals surface area contributed by atoms with Crippen molar-refractivity contribution < 1.29 is 9.13 Å². The van der Waals surface area contributed by atoms with Gasteiger partial charge in [-0.3, -0.25) is 0 Å². The number of halogens is 1. The maximum absolute atomic E-state index is 13.6. The van der Waals surface area contributed by atoms with Crippen molar-refractivity contribution >= 4 is 34.5 Å². The van der Waals surface area contributed by atoms with Gasteiger partial charge in [0.15, 0.2) is 6.21 Å². The molecule has 1 aliphatic rings. The fourth-order valence-corrected chi connectivity index (χ4v) is 3.99. The van der Waals surface area contributed by atoms with Gasteiger partial charge >= 0.3 is 0 Å². The largest absolute Gasteiger partial charge is 0.622 e. The molecule has 6 heteroatoms. The summed E-state index contributed by atoms with van der Waals surface area (Å²) in [5.74, 6) is -0.406. The summed E-state index contributed by atoms with van der Waals surface area (Å²) >= 11 is 6.70. The summed E-state index contributed by atoms with van der Waals surface area (Å²) in [7, 11) is 1.79. The van der Waals surface area contributed by atoms with Gasteiger partial charge in [0, 0.05) is 7.05 Å². The van der Waals surface area contributed by atoms with E-state index in [2.05, 4.69) is 0 Å². The second kappa shape index (κ2) is 5.09. The van der Waals surface area contributed by atoms with Crippen LogP contribution < -0.4 is 0 Å². The molecule has 3 nitrogen and oxygen atoms in total. The molecule has 0 radical (unpaired) electrons. The number of rotatable bonds is 2. The lowest BCUT2D eigenvalue weighted by Crippen LogP contribution is -2.46. The van der Waals surface area contributed by atoms with E-state index in [0.717, 1.165) is 4.74 Å². The maximum atomic E-state index is 13.6. The van der Waals surface area contributed by atoms with Crippen LogP contribution in [0, 0.1) is 11.0 Å². The normalized spacial score (nSPS) is 22.9. The topological polar surface area (TPSA) is 29.3 Å². The van der Waals surface area contributed by atoms with E-state index in [0.29, 0.717) is 4.32 Å². The first kappa shape index (κ1) is 14.3. The first-order valence-electron chi connectivity index (χ1n) is 5.83. The Kier molecular flexibility index (Phi) is 3.82. The molecule has 102 valence electrons. The highest BCUT2D eigenvalue weighted by atomic mass is 32.2. The fraction of sp³-hybridized carbons (Fsp3) is 0.385. The Morgan fingerprint density at radius 3 is 2.63 bits per heavy atom. The molecule has 0 saturated carbocycles. The molecular weight excluding hydrogens is 283 g/mol. The molecule has 0 amide bonds. The third-order valence-corrected chi connectivity index (χ3v) is 4.78. The molecule has 0 aliphatic carbocycles. The number of thioether (sulfide) groups is 1. The Labute approximate surface area is 121 Å². The third-order valence-electron chi connectivity index (χ3n) is 3.04. The zero-order valence-corrected chi connectivity index (χ0v) is 12.6. The number of hydrogen-bond acceptors (Lipinski definition) is 3. The molecule has 0 aromatic heterocycles. The van der Waals surface area contributed by atoms with Crippen LogP contribution in [0.15, 0.2) is 24.3 Å². The van der Waals surface area contributed by atoms with Gasteiger partial charge in [-0.1, -0.05) is 36.1 Å². The minimum absolute atomic E-state index is 0.282. The van der Waals surface area contributed by atoms with Gasteiger partial charge in [0.25, 0.3) is 6.17 Å². The summed E-state index contributed by atoms with van der Waals surface area (Å²) in [6.07, 6.45) is 0.844. The van der Waals surface area contributed by atoms with Crippen molar-refractivity contribution in [3.8, 4) is 0 Å². The molecule has 1 saturated heterocycles. The van der Waals surface area contributed by atoms with Crippen molar-refractivity contribution in [2.24, 2.45) is 0 Å². The number of benzene rings is 1. The SMILES string of the molecule is CN1C(=S)SC(C)(C)[C@H]1/[N+]([O-])=C/c1ccccc1F. The zero-order chi connectivity index (χ0) is 14.2. The summed E-state index contributed by atoms with van der Waals surface area (Å²) in [6.45, 7) is 3.91. The summed E-state index contributed by atoms with van der Waals surface area (Å²) in [6, 6.07) is 6.21. The van der Waals surface area contributed by atoms with E-state index in [9.17, 15) is 9.60 Å². The summed E-state index contributed by atoms with van der Waals surface area (Å²) < 4.78 is 14.7. The quantitative estimate of drug-likeness (QED) is 0.276. The summed E-state index contributed by atoms with van der Waals surface area (Å²) in [5.41, 5.74) is 0.282. The van der Waals surface area contributed by atoms with Crippen LogP contribution in [0.4, 0.5) is 4.39 Å². The van der Waals surface area contributed by atoms with Crippen molar-refractivity contribution in [1.29, 1.82) is 0 Å². The smallest absolute Gasteiger partial charge is 0.254 e. The van der Waals surface area contributed by atoms with E-state index in [1.165, 1.54) is 24.0 Å². The van der Waals surface area contributed by atoms with Crippen molar-refractivity contribution in [2.75, 3.05) is 7.05 Å². The van der Waals surface area contributed by atoms with Crippen molar-refractivity contribution in [3.05, 3.63) is 40.9 Å². The molecule has 0 unspecified atom stereocenters. The van der Waals surface area contributed by atoms with Gasteiger partial charge in [-0.05, 0) is 26.0 Å². The fourth-order valence-electron chi connectivity index (χ4n) is 2.18. The number of nitrogens with zero attached hydrogens (tertiary/aromatic N) is 2. The molecule has 1 heterocycles. The Bertz CT molecular complexity index is 545. The minimum atomic E-state index is -0.440. The lowest BCUT2D eigenvalue weighted by molar-refractivity contribution is -0.522. The number of hydrogen-bond donors (Lipinski definition) is 0. The predicted molar refractivity (Wildman–Crippen MR) is 81.0 cm³/mol. The van der Waals surface area contributed by atoms with Crippen LogP contribution in [-0.2, 0) is 0 Å². The van der Waals surface area contributed by atoms with Crippen molar-refractivity contribution in [1.82, 2.24) is 4.90 Å². The highest BCUT2D eigenvalue weighted by molar-refractivity contribution is 8.24. The minimum Gasteiger partial charge on any atom is -0.622 e. The van der Waals surface area contributed by atoms with Crippen LogP contribution in [-0.4, -0.2) is 38.1 Å². The summed E-state index contributed by atoms with van der Waals surface area (Å²) in [4.78, 5) is 1.75. The van der Waals surface area contributed by atoms with E-state index in [4.69, 9.17) is 12.2 Å². The molecule has 0 spiro atoms. The van der Waals surface area contributed by atoms with Crippen LogP contribution in [0.5, 0.6) is 0 Å². The van der Waals surface area contributed by atoms with E-state index in [1.54, 1.807) is 30.1 Å². The van der Waals surface area contributed by atoms with E-state index in [-0.39, 0.29) is 10.3 Å². The molecular formula is C13H15FN2OS2. The maximum Gasteiger partial charge on any atom is 0.254 e. The number of thiocarbonyl (C=S) groups is 1. The van der Waals surface area contributed by atoms with Gasteiger partial charge in [0.05, 0.1) is 5.56 Å². The van der Waals surface area contributed by atoms with Gasteiger partial charge in [0.2, 0.25) is 0 Å².